The van der Waals surface area contributed by atoms with Gasteiger partial charge in [-0.15, -0.1) is 0 Å². The predicted octanol–water partition coefficient (Wildman–Crippen LogP) is 19.1. The lowest BCUT2D eigenvalue weighted by Crippen LogP contribution is -1.95. The topological polar surface area (TPSA) is 0 Å². The monoisotopic (exact) mass is 860 g/mol. The van der Waals surface area contributed by atoms with Crippen LogP contribution in [0.5, 0.6) is 0 Å². The number of hydrogen-bond acceptors (Lipinski definition) is 0. The molecule has 0 radical (unpaired) electrons. The van der Waals surface area contributed by atoms with Gasteiger partial charge in [-0.2, -0.15) is 0 Å². The predicted molar refractivity (Wildman–Crippen MR) is 292 cm³/mol. The first-order chi connectivity index (χ1) is 33.7. The normalized spacial score (nSPS) is 11.5. The fourth-order valence-corrected chi connectivity index (χ4v) is 10.8. The molecule has 0 saturated heterocycles. The van der Waals surface area contributed by atoms with Crippen molar-refractivity contribution in [2.75, 3.05) is 0 Å². The van der Waals surface area contributed by atoms with Gasteiger partial charge in [0.05, 0.1) is 0 Å². The van der Waals surface area contributed by atoms with E-state index in [0.29, 0.717) is 0 Å². The molecule has 0 fully saturated rings. The number of benzene rings is 13. The summed E-state index contributed by atoms with van der Waals surface area (Å²) in [6.45, 7) is 0. The highest BCUT2D eigenvalue weighted by molar-refractivity contribution is 6.26. The summed E-state index contributed by atoms with van der Waals surface area (Å²) in [5.74, 6) is 0. The lowest BCUT2D eigenvalue weighted by atomic mass is 9.80. The minimum atomic E-state index is 1.18. The molecule has 0 aliphatic carbocycles. The molecule has 13 aromatic rings. The van der Waals surface area contributed by atoms with Crippen molar-refractivity contribution in [3.63, 3.8) is 0 Å². The standard InChI is InChI=1S/C68H44/c1-4-18-45(19-5-1)57-37-34-52(42-62(57)48-20-6-2-7-21-48)53-35-38-58-59-39-36-54(64-41-51-27-11-10-26-50(51)40-63(64)49-22-8-3-9-23-49)44-66(59)68(61-33-17-29-47-25-13-15-31-56(47)61)67(65(58)43-53)60-32-16-28-46-24-12-14-30-55(46)60/h1-44H. The molecule has 0 aliphatic rings. The third kappa shape index (κ3) is 6.77. The van der Waals surface area contributed by atoms with Crippen LogP contribution >= 0.6 is 0 Å². The minimum absolute atomic E-state index is 1.18. The third-order valence-electron chi connectivity index (χ3n) is 14.0. The summed E-state index contributed by atoms with van der Waals surface area (Å²) in [5, 5.41) is 12.3. The van der Waals surface area contributed by atoms with Crippen molar-refractivity contribution >= 4 is 53.9 Å². The van der Waals surface area contributed by atoms with E-state index in [2.05, 4.69) is 267 Å². The first-order valence-corrected chi connectivity index (χ1v) is 23.6. The number of fused-ring (bicyclic) bond motifs is 6. The molecule has 0 atom stereocenters. The van der Waals surface area contributed by atoms with Crippen LogP contribution in [-0.2, 0) is 0 Å². The molecule has 0 nitrogen and oxygen atoms in total. The van der Waals surface area contributed by atoms with Crippen LogP contribution in [0.2, 0.25) is 0 Å². The highest BCUT2D eigenvalue weighted by atomic mass is 14.3. The van der Waals surface area contributed by atoms with Gasteiger partial charge in [0.25, 0.3) is 0 Å². The van der Waals surface area contributed by atoms with Gasteiger partial charge in [-0.1, -0.05) is 237 Å². The zero-order chi connectivity index (χ0) is 45.0. The summed E-state index contributed by atoms with van der Waals surface area (Å²) >= 11 is 0. The van der Waals surface area contributed by atoms with E-state index in [1.807, 2.05) is 0 Å². The van der Waals surface area contributed by atoms with Crippen molar-refractivity contribution in [1.82, 2.24) is 0 Å². The molecule has 0 spiro atoms. The van der Waals surface area contributed by atoms with Crippen LogP contribution in [0.25, 0.3) is 132 Å². The maximum atomic E-state index is 2.49. The van der Waals surface area contributed by atoms with Gasteiger partial charge in [0, 0.05) is 0 Å². The molecule has 0 saturated carbocycles. The average molecular weight is 861 g/mol. The van der Waals surface area contributed by atoms with Gasteiger partial charge in [0.2, 0.25) is 0 Å². The van der Waals surface area contributed by atoms with E-state index >= 15 is 0 Å². The van der Waals surface area contributed by atoms with Crippen LogP contribution in [0.15, 0.2) is 267 Å². The van der Waals surface area contributed by atoms with Gasteiger partial charge in [-0.25, -0.2) is 0 Å². The first kappa shape index (κ1) is 39.5. The highest BCUT2D eigenvalue weighted by Gasteiger charge is 2.23. The molecule has 316 valence electrons. The second-order valence-electron chi connectivity index (χ2n) is 17.9. The molecule has 0 bridgehead atoms. The van der Waals surface area contributed by atoms with E-state index in [0.717, 1.165) is 0 Å². The molecule has 13 aromatic carbocycles. The zero-order valence-electron chi connectivity index (χ0n) is 37.4. The van der Waals surface area contributed by atoms with Gasteiger partial charge < -0.3 is 0 Å². The molecule has 68 heavy (non-hydrogen) atoms. The highest BCUT2D eigenvalue weighted by Crippen LogP contribution is 2.50. The Morgan fingerprint density at radius 3 is 1.04 bits per heavy atom. The van der Waals surface area contributed by atoms with Crippen LogP contribution < -0.4 is 0 Å². The summed E-state index contributed by atoms with van der Waals surface area (Å²) in [4.78, 5) is 0. The van der Waals surface area contributed by atoms with Crippen LogP contribution in [0, 0.1) is 0 Å². The smallest absolute Gasteiger partial charge is 0.00137 e. The quantitative estimate of drug-likeness (QED) is 0.140. The molecule has 0 amide bonds. The molecule has 13 rings (SSSR count). The average Bonchev–Trinajstić information content (AvgIpc) is 3.42. The third-order valence-corrected chi connectivity index (χ3v) is 14.0. The largest absolute Gasteiger partial charge is 0.0622 e. The van der Waals surface area contributed by atoms with Crippen molar-refractivity contribution < 1.29 is 0 Å². The fraction of sp³-hybridized carbons (Fsp3) is 0. The van der Waals surface area contributed by atoms with Crippen molar-refractivity contribution in [2.24, 2.45) is 0 Å². The Bertz CT molecular complexity index is 4040. The summed E-state index contributed by atoms with van der Waals surface area (Å²) in [5.41, 5.74) is 17.0. The summed E-state index contributed by atoms with van der Waals surface area (Å²) in [6, 6.07) is 98.7. The van der Waals surface area contributed by atoms with E-state index < -0.39 is 0 Å². The Morgan fingerprint density at radius 1 is 0.147 bits per heavy atom. The summed E-state index contributed by atoms with van der Waals surface area (Å²) < 4.78 is 0. The molecular weight excluding hydrogens is 817 g/mol. The second kappa shape index (κ2) is 16.5. The van der Waals surface area contributed by atoms with Crippen LogP contribution in [0.3, 0.4) is 0 Å². The van der Waals surface area contributed by atoms with Crippen LogP contribution in [0.1, 0.15) is 0 Å². The van der Waals surface area contributed by atoms with Gasteiger partial charge in [0.1, 0.15) is 0 Å². The van der Waals surface area contributed by atoms with Gasteiger partial charge in [-0.3, -0.25) is 0 Å². The Hall–Kier alpha value is -8.84. The lowest BCUT2D eigenvalue weighted by molar-refractivity contribution is 1.57. The molecule has 0 heteroatoms. The van der Waals surface area contributed by atoms with E-state index in [1.54, 1.807) is 0 Å². The first-order valence-electron chi connectivity index (χ1n) is 23.6. The van der Waals surface area contributed by atoms with Gasteiger partial charge in [0.15, 0.2) is 0 Å². The van der Waals surface area contributed by atoms with Crippen LogP contribution in [0.4, 0.5) is 0 Å². The van der Waals surface area contributed by atoms with Gasteiger partial charge >= 0.3 is 0 Å². The Morgan fingerprint density at radius 2 is 0.515 bits per heavy atom. The second-order valence-corrected chi connectivity index (χ2v) is 17.9. The van der Waals surface area contributed by atoms with E-state index in [-0.39, 0.29) is 0 Å². The van der Waals surface area contributed by atoms with Gasteiger partial charge in [-0.05, 0) is 162 Å². The van der Waals surface area contributed by atoms with E-state index in [4.69, 9.17) is 0 Å². The SMILES string of the molecule is c1ccc(-c2ccc(-c3ccc4c(c3)c(-c3cccc5ccccc35)c(-c3cccc5ccccc35)c3cc(-c5cc6ccccc6cc5-c5ccccc5)ccc34)cc2-c2ccccc2)cc1. The van der Waals surface area contributed by atoms with Crippen molar-refractivity contribution in [2.45, 2.75) is 0 Å². The summed E-state index contributed by atoms with van der Waals surface area (Å²) in [7, 11) is 0. The number of hydrogen-bond donors (Lipinski definition) is 0. The lowest BCUT2D eigenvalue weighted by Gasteiger charge is -2.22. The Labute approximate surface area is 396 Å². The molecular formula is C68H44. The molecule has 0 unspecified atom stereocenters. The van der Waals surface area contributed by atoms with E-state index in [9.17, 15) is 0 Å². The van der Waals surface area contributed by atoms with E-state index in [1.165, 1.54) is 132 Å². The van der Waals surface area contributed by atoms with Crippen LogP contribution in [-0.4, -0.2) is 0 Å². The fourth-order valence-electron chi connectivity index (χ4n) is 10.8. The van der Waals surface area contributed by atoms with Crippen molar-refractivity contribution in [3.05, 3.63) is 267 Å². The molecule has 0 heterocycles. The Balaban J connectivity index is 1.15. The molecule has 0 aromatic heterocycles. The molecule has 0 N–H and O–H groups in total. The molecule has 0 aliphatic heterocycles. The number of rotatable bonds is 7. The Kier molecular flexibility index (Phi) is 9.62. The summed E-state index contributed by atoms with van der Waals surface area (Å²) in [6.07, 6.45) is 0. The maximum Gasteiger partial charge on any atom is -0.00137 e. The van der Waals surface area contributed by atoms with Crippen molar-refractivity contribution in [3.8, 4) is 77.9 Å². The van der Waals surface area contributed by atoms with Crippen molar-refractivity contribution in [1.29, 1.82) is 0 Å². The zero-order valence-corrected chi connectivity index (χ0v) is 37.4. The minimum Gasteiger partial charge on any atom is -0.0622 e. The maximum absolute atomic E-state index is 2.49.